The van der Waals surface area contributed by atoms with E-state index < -0.39 is 5.60 Å². The van der Waals surface area contributed by atoms with E-state index in [1.165, 1.54) is 0 Å². The van der Waals surface area contributed by atoms with Crippen LogP contribution in [0.4, 0.5) is 4.79 Å². The number of amides is 1. The zero-order valence-electron chi connectivity index (χ0n) is 17.2. The fraction of sp³-hybridized carbons (Fsp3) is 0.667. The molecule has 3 rings (SSSR count). The number of hydrogen-bond donors (Lipinski definition) is 0. The summed E-state index contributed by atoms with van der Waals surface area (Å²) in [7, 11) is 3.34. The van der Waals surface area contributed by atoms with Crippen molar-refractivity contribution in [2.75, 3.05) is 33.9 Å². The number of benzene rings is 1. The molecule has 2 fully saturated rings. The Labute approximate surface area is 162 Å². The Morgan fingerprint density at radius 2 is 1.93 bits per heavy atom. The number of carbonyl (C=O) groups excluding carboxylic acids is 1. The van der Waals surface area contributed by atoms with Gasteiger partial charge in [-0.15, -0.1) is 0 Å². The number of piperidine rings is 1. The van der Waals surface area contributed by atoms with Crippen molar-refractivity contribution >= 4 is 6.09 Å². The highest BCUT2D eigenvalue weighted by Crippen LogP contribution is 2.42. The first-order valence-corrected chi connectivity index (χ1v) is 9.71. The first-order chi connectivity index (χ1) is 12.8. The van der Waals surface area contributed by atoms with Crippen LogP contribution in [0.3, 0.4) is 0 Å². The minimum Gasteiger partial charge on any atom is -0.493 e. The van der Waals surface area contributed by atoms with E-state index in [1.54, 1.807) is 14.2 Å². The van der Waals surface area contributed by atoms with Gasteiger partial charge in [-0.2, -0.15) is 0 Å². The Hall–Kier alpha value is -1.95. The topological polar surface area (TPSA) is 51.2 Å². The normalized spacial score (nSPS) is 23.1. The first kappa shape index (κ1) is 19.8. The lowest BCUT2D eigenvalue weighted by molar-refractivity contribution is -0.0746. The predicted octanol–water partition coefficient (Wildman–Crippen LogP) is 3.68. The lowest BCUT2D eigenvalue weighted by Gasteiger charge is -2.57. The van der Waals surface area contributed by atoms with Gasteiger partial charge in [-0.25, -0.2) is 4.79 Å². The van der Waals surface area contributed by atoms with Gasteiger partial charge < -0.3 is 19.1 Å². The van der Waals surface area contributed by atoms with E-state index in [2.05, 4.69) is 11.0 Å². The van der Waals surface area contributed by atoms with Crippen LogP contribution in [0.1, 0.15) is 45.6 Å². The van der Waals surface area contributed by atoms with Crippen molar-refractivity contribution < 1.29 is 19.0 Å². The molecule has 1 spiro atoms. The molecule has 1 amide bonds. The highest BCUT2D eigenvalue weighted by Gasteiger charge is 2.48. The Morgan fingerprint density at radius 3 is 2.52 bits per heavy atom. The SMILES string of the molecule is COc1cccc(CN2CC[C@@]23CCCN(C(=O)OC(C)(C)C)C3)c1OC. The van der Waals surface area contributed by atoms with E-state index in [4.69, 9.17) is 14.2 Å². The lowest BCUT2D eigenvalue weighted by atomic mass is 9.77. The molecule has 6 nitrogen and oxygen atoms in total. The summed E-state index contributed by atoms with van der Waals surface area (Å²) in [6.45, 7) is 9.06. The molecule has 0 aliphatic carbocycles. The van der Waals surface area contributed by atoms with Crippen LogP contribution in [0.25, 0.3) is 0 Å². The smallest absolute Gasteiger partial charge is 0.410 e. The summed E-state index contributed by atoms with van der Waals surface area (Å²) in [6.07, 6.45) is 3.02. The van der Waals surface area contributed by atoms with Crippen LogP contribution in [0.15, 0.2) is 18.2 Å². The second kappa shape index (κ2) is 7.58. The van der Waals surface area contributed by atoms with Gasteiger partial charge in [-0.05, 0) is 46.1 Å². The number of rotatable bonds is 4. The molecule has 2 saturated heterocycles. The van der Waals surface area contributed by atoms with Crippen molar-refractivity contribution in [3.63, 3.8) is 0 Å². The molecule has 1 aromatic carbocycles. The zero-order chi connectivity index (χ0) is 19.7. The minimum absolute atomic E-state index is 0.0449. The van der Waals surface area contributed by atoms with Crippen LogP contribution >= 0.6 is 0 Å². The number of likely N-dealkylation sites (tertiary alicyclic amines) is 2. The summed E-state index contributed by atoms with van der Waals surface area (Å²) < 4.78 is 16.6. The van der Waals surface area contributed by atoms with Crippen LogP contribution in [0.5, 0.6) is 11.5 Å². The van der Waals surface area contributed by atoms with E-state index >= 15 is 0 Å². The average Bonchev–Trinajstić information content (AvgIpc) is 2.63. The van der Waals surface area contributed by atoms with Gasteiger partial charge in [-0.3, -0.25) is 4.90 Å². The highest BCUT2D eigenvalue weighted by atomic mass is 16.6. The number of para-hydroxylation sites is 1. The molecule has 0 radical (unpaired) electrons. The summed E-state index contributed by atoms with van der Waals surface area (Å²) >= 11 is 0. The van der Waals surface area contributed by atoms with Gasteiger partial charge in [0, 0.05) is 37.3 Å². The predicted molar refractivity (Wildman–Crippen MR) is 104 cm³/mol. The molecule has 0 unspecified atom stereocenters. The molecule has 1 atom stereocenters. The lowest BCUT2D eigenvalue weighted by Crippen LogP contribution is -2.67. The maximum atomic E-state index is 12.5. The Morgan fingerprint density at radius 1 is 1.15 bits per heavy atom. The maximum absolute atomic E-state index is 12.5. The summed E-state index contributed by atoms with van der Waals surface area (Å²) in [6, 6.07) is 6.00. The molecule has 2 heterocycles. The van der Waals surface area contributed by atoms with Gasteiger partial charge in [0.2, 0.25) is 0 Å². The third-order valence-corrected chi connectivity index (χ3v) is 5.57. The Bertz CT molecular complexity index is 685. The molecule has 1 aromatic rings. The molecule has 0 bridgehead atoms. The summed E-state index contributed by atoms with van der Waals surface area (Å²) in [4.78, 5) is 16.9. The fourth-order valence-electron chi connectivity index (χ4n) is 4.17. The quantitative estimate of drug-likeness (QED) is 0.802. The summed E-state index contributed by atoms with van der Waals surface area (Å²) in [5.41, 5.74) is 0.698. The van der Waals surface area contributed by atoms with Gasteiger partial charge in [0.05, 0.1) is 14.2 Å². The van der Waals surface area contributed by atoms with Crippen molar-refractivity contribution in [1.82, 2.24) is 9.80 Å². The van der Waals surface area contributed by atoms with E-state index in [-0.39, 0.29) is 11.6 Å². The number of methoxy groups -OCH3 is 2. The zero-order valence-corrected chi connectivity index (χ0v) is 17.2. The average molecular weight is 376 g/mol. The van der Waals surface area contributed by atoms with Crippen LogP contribution in [-0.2, 0) is 11.3 Å². The second-order valence-electron chi connectivity index (χ2n) is 8.55. The molecule has 6 heteroatoms. The van der Waals surface area contributed by atoms with Crippen LogP contribution in [0, 0.1) is 0 Å². The van der Waals surface area contributed by atoms with Crippen molar-refractivity contribution in [1.29, 1.82) is 0 Å². The molecular weight excluding hydrogens is 344 g/mol. The van der Waals surface area contributed by atoms with E-state index in [0.29, 0.717) is 0 Å². The largest absolute Gasteiger partial charge is 0.493 e. The summed E-state index contributed by atoms with van der Waals surface area (Å²) in [5, 5.41) is 0. The maximum Gasteiger partial charge on any atom is 0.410 e. The molecule has 0 N–H and O–H groups in total. The standard InChI is InChI=1S/C21H32N2O4/c1-20(2,3)27-19(24)22-12-7-10-21(15-22)11-13-23(21)14-16-8-6-9-17(25-4)18(16)26-5/h6,8-9H,7,10-15H2,1-5H3/t21-/m1/s1. The molecule has 27 heavy (non-hydrogen) atoms. The highest BCUT2D eigenvalue weighted by molar-refractivity contribution is 5.68. The van der Waals surface area contributed by atoms with Gasteiger partial charge in [0.15, 0.2) is 11.5 Å². The third kappa shape index (κ3) is 4.15. The van der Waals surface area contributed by atoms with E-state index in [9.17, 15) is 4.79 Å². The van der Waals surface area contributed by atoms with Crippen LogP contribution < -0.4 is 9.47 Å². The summed E-state index contributed by atoms with van der Waals surface area (Å²) in [5.74, 6) is 1.55. The van der Waals surface area contributed by atoms with Crippen molar-refractivity contribution in [2.45, 2.75) is 57.7 Å². The number of nitrogens with zero attached hydrogens (tertiary/aromatic N) is 2. The van der Waals surface area contributed by atoms with Gasteiger partial charge >= 0.3 is 6.09 Å². The van der Waals surface area contributed by atoms with Crippen LogP contribution in [0.2, 0.25) is 0 Å². The second-order valence-corrected chi connectivity index (χ2v) is 8.55. The number of ether oxygens (including phenoxy) is 3. The van der Waals surface area contributed by atoms with E-state index in [0.717, 1.165) is 62.5 Å². The molecular formula is C21H32N2O4. The van der Waals surface area contributed by atoms with Gasteiger partial charge in [-0.1, -0.05) is 12.1 Å². The molecule has 0 saturated carbocycles. The molecule has 150 valence electrons. The molecule has 2 aliphatic rings. The molecule has 0 aromatic heterocycles. The Balaban J connectivity index is 1.72. The van der Waals surface area contributed by atoms with Crippen molar-refractivity contribution in [3.05, 3.63) is 23.8 Å². The van der Waals surface area contributed by atoms with Crippen LogP contribution in [-0.4, -0.2) is 60.9 Å². The first-order valence-electron chi connectivity index (χ1n) is 9.71. The van der Waals surface area contributed by atoms with Gasteiger partial charge in [0.1, 0.15) is 5.60 Å². The molecule has 2 aliphatic heterocycles. The van der Waals surface area contributed by atoms with Crippen molar-refractivity contribution in [2.24, 2.45) is 0 Å². The fourth-order valence-corrected chi connectivity index (χ4v) is 4.17. The van der Waals surface area contributed by atoms with Gasteiger partial charge in [0.25, 0.3) is 0 Å². The third-order valence-electron chi connectivity index (χ3n) is 5.57. The van der Waals surface area contributed by atoms with Crippen molar-refractivity contribution in [3.8, 4) is 11.5 Å². The van der Waals surface area contributed by atoms with E-state index in [1.807, 2.05) is 37.8 Å². The monoisotopic (exact) mass is 376 g/mol. The minimum atomic E-state index is -0.463. The number of hydrogen-bond acceptors (Lipinski definition) is 5. The Kier molecular flexibility index (Phi) is 5.56. The number of carbonyl (C=O) groups is 1.